The van der Waals surface area contributed by atoms with Crippen LogP contribution in [0.2, 0.25) is 0 Å². The zero-order valence-corrected chi connectivity index (χ0v) is 13.5. The van der Waals surface area contributed by atoms with Crippen LogP contribution in [0.4, 0.5) is 0 Å². The number of amides is 3. The molecule has 124 valence electrons. The standard InChI is InChI=1S/C16H22N4O3/c1-12(2)8-18-15(22)13-7-14(10-17-9-13)16(23)20-5-3-19(11-21)4-6-20/h7,9-12H,3-6,8H2,1-2H3,(H,18,22). The first kappa shape index (κ1) is 16.9. The van der Waals surface area contributed by atoms with E-state index in [-0.39, 0.29) is 11.8 Å². The Hall–Kier alpha value is -2.44. The van der Waals surface area contributed by atoms with Gasteiger partial charge in [-0.15, -0.1) is 0 Å². The lowest BCUT2D eigenvalue weighted by atomic mass is 10.1. The van der Waals surface area contributed by atoms with E-state index in [1.807, 2.05) is 13.8 Å². The number of pyridine rings is 1. The normalized spacial score (nSPS) is 14.7. The number of hydrogen-bond acceptors (Lipinski definition) is 4. The third kappa shape index (κ3) is 4.51. The summed E-state index contributed by atoms with van der Waals surface area (Å²) in [6, 6.07) is 1.57. The molecule has 0 unspecified atom stereocenters. The molecule has 0 aliphatic carbocycles. The summed E-state index contributed by atoms with van der Waals surface area (Å²) in [6.07, 6.45) is 3.72. The first-order valence-corrected chi connectivity index (χ1v) is 7.73. The van der Waals surface area contributed by atoms with Crippen LogP contribution >= 0.6 is 0 Å². The maximum absolute atomic E-state index is 12.5. The van der Waals surface area contributed by atoms with Gasteiger partial charge in [0.2, 0.25) is 6.41 Å². The molecular weight excluding hydrogens is 296 g/mol. The molecule has 1 aliphatic heterocycles. The van der Waals surface area contributed by atoms with Crippen LogP contribution in [0.3, 0.4) is 0 Å². The minimum atomic E-state index is -0.230. The highest BCUT2D eigenvalue weighted by Gasteiger charge is 2.22. The molecule has 0 aromatic carbocycles. The van der Waals surface area contributed by atoms with E-state index < -0.39 is 0 Å². The molecule has 0 saturated carbocycles. The second-order valence-electron chi connectivity index (χ2n) is 6.00. The van der Waals surface area contributed by atoms with E-state index in [0.29, 0.717) is 49.8 Å². The summed E-state index contributed by atoms with van der Waals surface area (Å²) < 4.78 is 0. The Kier molecular flexibility index (Phi) is 5.67. The van der Waals surface area contributed by atoms with E-state index in [0.717, 1.165) is 6.41 Å². The van der Waals surface area contributed by atoms with Gasteiger partial charge < -0.3 is 15.1 Å². The van der Waals surface area contributed by atoms with E-state index >= 15 is 0 Å². The van der Waals surface area contributed by atoms with Gasteiger partial charge >= 0.3 is 0 Å². The molecule has 1 aromatic heterocycles. The second-order valence-corrected chi connectivity index (χ2v) is 6.00. The Labute approximate surface area is 135 Å². The first-order valence-electron chi connectivity index (χ1n) is 7.73. The van der Waals surface area contributed by atoms with Crippen LogP contribution in [-0.4, -0.2) is 65.7 Å². The fraction of sp³-hybridized carbons (Fsp3) is 0.500. The monoisotopic (exact) mass is 318 g/mol. The smallest absolute Gasteiger partial charge is 0.255 e. The second kappa shape index (κ2) is 7.71. The third-order valence-corrected chi connectivity index (χ3v) is 3.67. The van der Waals surface area contributed by atoms with Crippen molar-refractivity contribution >= 4 is 18.2 Å². The largest absolute Gasteiger partial charge is 0.352 e. The summed E-state index contributed by atoms with van der Waals surface area (Å²) in [7, 11) is 0. The van der Waals surface area contributed by atoms with Crippen molar-refractivity contribution in [2.24, 2.45) is 5.92 Å². The molecular formula is C16H22N4O3. The highest BCUT2D eigenvalue weighted by atomic mass is 16.2. The number of hydrogen-bond donors (Lipinski definition) is 1. The number of carbonyl (C=O) groups excluding carboxylic acids is 3. The fourth-order valence-electron chi connectivity index (χ4n) is 2.29. The molecule has 1 N–H and O–H groups in total. The fourth-order valence-corrected chi connectivity index (χ4v) is 2.29. The zero-order chi connectivity index (χ0) is 16.8. The Morgan fingerprint density at radius 2 is 1.87 bits per heavy atom. The van der Waals surface area contributed by atoms with Gasteiger partial charge in [0.1, 0.15) is 0 Å². The minimum Gasteiger partial charge on any atom is -0.352 e. The maximum Gasteiger partial charge on any atom is 0.255 e. The Balaban J connectivity index is 2.03. The Bertz CT molecular complexity index is 580. The molecule has 3 amide bonds. The van der Waals surface area contributed by atoms with Crippen LogP contribution in [0.5, 0.6) is 0 Å². The number of aromatic nitrogens is 1. The lowest BCUT2D eigenvalue weighted by Gasteiger charge is -2.32. The molecule has 1 aromatic rings. The van der Waals surface area contributed by atoms with E-state index in [9.17, 15) is 14.4 Å². The Morgan fingerprint density at radius 3 is 2.48 bits per heavy atom. The zero-order valence-electron chi connectivity index (χ0n) is 13.5. The van der Waals surface area contributed by atoms with Crippen molar-refractivity contribution in [3.05, 3.63) is 29.6 Å². The van der Waals surface area contributed by atoms with E-state index in [2.05, 4.69) is 10.3 Å². The van der Waals surface area contributed by atoms with Crippen LogP contribution in [0, 0.1) is 5.92 Å². The average molecular weight is 318 g/mol. The number of rotatable bonds is 5. The predicted octanol–water partition coefficient (Wildman–Crippen LogP) is 0.382. The highest BCUT2D eigenvalue weighted by Crippen LogP contribution is 2.09. The van der Waals surface area contributed by atoms with Gasteiger partial charge in [-0.3, -0.25) is 19.4 Å². The molecule has 7 heteroatoms. The SMILES string of the molecule is CC(C)CNC(=O)c1cncc(C(=O)N2CCN(C=O)CC2)c1. The van der Waals surface area contributed by atoms with Crippen molar-refractivity contribution in [2.75, 3.05) is 32.7 Å². The van der Waals surface area contributed by atoms with Gasteiger partial charge in [-0.25, -0.2) is 0 Å². The van der Waals surface area contributed by atoms with Gasteiger partial charge in [-0.1, -0.05) is 13.8 Å². The molecule has 2 heterocycles. The molecule has 0 bridgehead atoms. The summed E-state index contributed by atoms with van der Waals surface area (Å²) in [6.45, 7) is 6.62. The van der Waals surface area contributed by atoms with Crippen molar-refractivity contribution in [2.45, 2.75) is 13.8 Å². The van der Waals surface area contributed by atoms with Gasteiger partial charge in [-0.05, 0) is 12.0 Å². The molecule has 0 spiro atoms. The topological polar surface area (TPSA) is 82.6 Å². The van der Waals surface area contributed by atoms with Crippen LogP contribution in [0.15, 0.2) is 18.5 Å². The first-order chi connectivity index (χ1) is 11.0. The summed E-state index contributed by atoms with van der Waals surface area (Å²) in [5.41, 5.74) is 0.768. The minimum absolute atomic E-state index is 0.165. The summed E-state index contributed by atoms with van der Waals surface area (Å²) in [4.78, 5) is 42.6. The molecule has 0 radical (unpaired) electrons. The molecule has 1 fully saturated rings. The number of nitrogens with zero attached hydrogens (tertiary/aromatic N) is 3. The molecule has 1 aliphatic rings. The summed E-state index contributed by atoms with van der Waals surface area (Å²) in [5, 5.41) is 2.81. The van der Waals surface area contributed by atoms with Crippen molar-refractivity contribution in [3.63, 3.8) is 0 Å². The molecule has 7 nitrogen and oxygen atoms in total. The molecule has 1 saturated heterocycles. The van der Waals surface area contributed by atoms with Gasteiger partial charge in [0.05, 0.1) is 11.1 Å². The number of nitrogens with one attached hydrogen (secondary N) is 1. The number of carbonyl (C=O) groups is 3. The Morgan fingerprint density at radius 1 is 1.22 bits per heavy atom. The van der Waals surface area contributed by atoms with Crippen molar-refractivity contribution < 1.29 is 14.4 Å². The van der Waals surface area contributed by atoms with Crippen LogP contribution in [0.25, 0.3) is 0 Å². The van der Waals surface area contributed by atoms with Gasteiger partial charge in [0, 0.05) is 45.1 Å². The van der Waals surface area contributed by atoms with Crippen LogP contribution in [0.1, 0.15) is 34.6 Å². The summed E-state index contributed by atoms with van der Waals surface area (Å²) >= 11 is 0. The average Bonchev–Trinajstić information content (AvgIpc) is 2.59. The molecule has 0 atom stereocenters. The van der Waals surface area contributed by atoms with Crippen molar-refractivity contribution in [3.8, 4) is 0 Å². The number of piperazine rings is 1. The maximum atomic E-state index is 12.5. The predicted molar refractivity (Wildman–Crippen MR) is 84.9 cm³/mol. The van der Waals surface area contributed by atoms with Crippen molar-refractivity contribution in [1.29, 1.82) is 0 Å². The van der Waals surface area contributed by atoms with Gasteiger partial charge in [0.25, 0.3) is 11.8 Å². The third-order valence-electron chi connectivity index (χ3n) is 3.67. The van der Waals surface area contributed by atoms with Crippen molar-refractivity contribution in [1.82, 2.24) is 20.1 Å². The highest BCUT2D eigenvalue weighted by molar-refractivity contribution is 5.99. The molecule has 2 rings (SSSR count). The van der Waals surface area contributed by atoms with E-state index in [1.54, 1.807) is 15.9 Å². The molecule has 23 heavy (non-hydrogen) atoms. The van der Waals surface area contributed by atoms with E-state index in [1.165, 1.54) is 12.4 Å². The lowest BCUT2D eigenvalue weighted by molar-refractivity contribution is -0.119. The lowest BCUT2D eigenvalue weighted by Crippen LogP contribution is -2.48. The van der Waals surface area contributed by atoms with Gasteiger partial charge in [0.15, 0.2) is 0 Å². The van der Waals surface area contributed by atoms with Gasteiger partial charge in [-0.2, -0.15) is 0 Å². The summed E-state index contributed by atoms with van der Waals surface area (Å²) in [5.74, 6) is -0.0426. The van der Waals surface area contributed by atoms with Crippen LogP contribution in [-0.2, 0) is 4.79 Å². The van der Waals surface area contributed by atoms with Crippen LogP contribution < -0.4 is 5.32 Å². The quantitative estimate of drug-likeness (QED) is 0.796. The van der Waals surface area contributed by atoms with E-state index in [4.69, 9.17) is 0 Å².